The number of rotatable bonds is 9. The molecule has 0 atom stereocenters. The first-order chi connectivity index (χ1) is 17.4. The highest BCUT2D eigenvalue weighted by molar-refractivity contribution is 5.81. The molecule has 0 saturated carbocycles. The van der Waals surface area contributed by atoms with Crippen LogP contribution < -0.4 is 9.64 Å². The van der Waals surface area contributed by atoms with E-state index in [1.807, 2.05) is 18.7 Å². The van der Waals surface area contributed by atoms with E-state index in [2.05, 4.69) is 15.3 Å². The zero-order chi connectivity index (χ0) is 25.7. The molecular weight excluding hydrogens is 473 g/mol. The molecule has 1 fully saturated rings. The van der Waals surface area contributed by atoms with Gasteiger partial charge in [0.05, 0.1) is 12.8 Å². The van der Waals surface area contributed by atoms with Crippen molar-refractivity contribution in [2.75, 3.05) is 31.2 Å². The Kier molecular flexibility index (Phi) is 8.12. The van der Waals surface area contributed by atoms with E-state index in [9.17, 15) is 13.2 Å². The number of piperidine rings is 1. The Morgan fingerprint density at radius 3 is 2.44 bits per heavy atom. The summed E-state index contributed by atoms with van der Waals surface area (Å²) in [4.78, 5) is 11.3. The van der Waals surface area contributed by atoms with Gasteiger partial charge in [-0.3, -0.25) is 0 Å². The van der Waals surface area contributed by atoms with Crippen molar-refractivity contribution in [2.24, 2.45) is 11.1 Å². The molecule has 1 saturated heterocycles. The lowest BCUT2D eigenvalue weighted by Crippen LogP contribution is -2.35. The predicted octanol–water partition coefficient (Wildman–Crippen LogP) is 5.94. The molecule has 36 heavy (non-hydrogen) atoms. The molecule has 0 amide bonds. The van der Waals surface area contributed by atoms with Gasteiger partial charge in [-0.05, 0) is 55.0 Å². The number of ether oxygens (including phenoxy) is 1. The van der Waals surface area contributed by atoms with Gasteiger partial charge in [0.15, 0.2) is 23.2 Å². The molecule has 192 valence electrons. The van der Waals surface area contributed by atoms with Gasteiger partial charge in [0, 0.05) is 24.6 Å². The van der Waals surface area contributed by atoms with Gasteiger partial charge in [0.25, 0.3) is 0 Å². The van der Waals surface area contributed by atoms with E-state index in [1.165, 1.54) is 18.3 Å². The summed E-state index contributed by atoms with van der Waals surface area (Å²) >= 11 is 0. The van der Waals surface area contributed by atoms with Crippen molar-refractivity contribution >= 4 is 12.2 Å². The maximum atomic E-state index is 14.8. The number of nitrogens with zero attached hydrogens (tertiary/aromatic N) is 4. The second kappa shape index (κ2) is 11.5. The number of hydrogen-bond donors (Lipinski definition) is 0. The number of halogens is 3. The highest BCUT2D eigenvalue weighted by atomic mass is 19.1. The number of aromatic nitrogens is 2. The third-order valence-electron chi connectivity index (χ3n) is 6.00. The van der Waals surface area contributed by atoms with Gasteiger partial charge < -0.3 is 19.0 Å². The van der Waals surface area contributed by atoms with Gasteiger partial charge in [0.2, 0.25) is 0 Å². The molecular formula is C26H29F3N4O3. The summed E-state index contributed by atoms with van der Waals surface area (Å²) in [6.45, 7) is 7.70. The van der Waals surface area contributed by atoms with Gasteiger partial charge in [-0.25, -0.2) is 13.2 Å². The van der Waals surface area contributed by atoms with Crippen LogP contribution in [0.4, 0.5) is 19.2 Å². The molecule has 0 spiro atoms. The second-order valence-electron chi connectivity index (χ2n) is 8.99. The summed E-state index contributed by atoms with van der Waals surface area (Å²) in [7, 11) is 0. The van der Waals surface area contributed by atoms with Crippen LogP contribution in [0, 0.1) is 23.4 Å². The molecule has 2 heterocycles. The van der Waals surface area contributed by atoms with Gasteiger partial charge in [0.1, 0.15) is 12.4 Å². The molecule has 1 aliphatic rings. The van der Waals surface area contributed by atoms with Crippen LogP contribution in [0.3, 0.4) is 0 Å². The Balaban J connectivity index is 1.36. The zero-order valence-electron chi connectivity index (χ0n) is 20.5. The molecule has 4 rings (SSSR count). The Morgan fingerprint density at radius 2 is 1.83 bits per heavy atom. The molecule has 7 nitrogen and oxygen atoms in total. The average Bonchev–Trinajstić information content (AvgIpc) is 3.35. The van der Waals surface area contributed by atoms with Crippen LogP contribution in [0.15, 0.2) is 40.0 Å². The highest BCUT2D eigenvalue weighted by Gasteiger charge is 2.25. The van der Waals surface area contributed by atoms with Crippen LogP contribution in [-0.4, -0.2) is 42.7 Å². The largest absolute Gasteiger partial charge is 0.487 e. The molecule has 0 radical (unpaired) electrons. The van der Waals surface area contributed by atoms with E-state index in [-0.39, 0.29) is 29.6 Å². The molecule has 0 unspecified atom stereocenters. The van der Waals surface area contributed by atoms with E-state index >= 15 is 0 Å². The minimum absolute atomic E-state index is 0.0712. The third-order valence-corrected chi connectivity index (χ3v) is 6.00. The van der Waals surface area contributed by atoms with Crippen molar-refractivity contribution in [1.82, 2.24) is 10.1 Å². The minimum Gasteiger partial charge on any atom is -0.487 e. The Morgan fingerprint density at radius 1 is 1.11 bits per heavy atom. The number of anilines is 1. The smallest absolute Gasteiger partial charge is 0.324 e. The van der Waals surface area contributed by atoms with Crippen molar-refractivity contribution in [3.05, 3.63) is 59.2 Å². The van der Waals surface area contributed by atoms with E-state index in [4.69, 9.17) is 14.1 Å². The summed E-state index contributed by atoms with van der Waals surface area (Å²) in [6, 6.07) is 6.91. The molecule has 1 aliphatic heterocycles. The van der Waals surface area contributed by atoms with Crippen LogP contribution in [-0.2, 0) is 4.84 Å². The van der Waals surface area contributed by atoms with Crippen molar-refractivity contribution < 1.29 is 27.3 Å². The maximum absolute atomic E-state index is 14.8. The molecule has 2 aromatic carbocycles. The fourth-order valence-electron chi connectivity index (χ4n) is 3.95. The first-order valence-corrected chi connectivity index (χ1v) is 12.0. The van der Waals surface area contributed by atoms with Gasteiger partial charge in [-0.15, -0.1) is 0 Å². The highest BCUT2D eigenvalue weighted by Crippen LogP contribution is 2.32. The van der Waals surface area contributed by atoms with Crippen molar-refractivity contribution in [3.8, 4) is 16.9 Å². The van der Waals surface area contributed by atoms with Crippen LogP contribution in [0.1, 0.15) is 50.9 Å². The molecule has 3 aromatic rings. The first kappa shape index (κ1) is 25.5. The molecule has 0 N–H and O–H groups in total. The van der Waals surface area contributed by atoms with E-state index < -0.39 is 23.2 Å². The Labute approximate surface area is 207 Å². The average molecular weight is 503 g/mol. The van der Waals surface area contributed by atoms with Gasteiger partial charge >= 0.3 is 6.01 Å². The minimum atomic E-state index is -0.879. The van der Waals surface area contributed by atoms with Crippen molar-refractivity contribution in [1.29, 1.82) is 0 Å². The second-order valence-corrected chi connectivity index (χ2v) is 8.99. The number of benzene rings is 2. The summed E-state index contributed by atoms with van der Waals surface area (Å²) < 4.78 is 55.0. The standard InChI is InChI=1S/C26H29F3N4O3/c1-4-35-30-14-18-5-6-20(21(27)11-18)19-12-22(28)24(23(29)13-19)34-15-17-7-9-33(10-8-17)26-31-25(16(2)3)32-36-26/h5-6,11-14,16-17H,4,7-10,15H2,1-3H3/b30-14+. The Bertz CT molecular complexity index is 1180. The van der Waals surface area contributed by atoms with Gasteiger partial charge in [-0.2, -0.15) is 4.98 Å². The van der Waals surface area contributed by atoms with Crippen molar-refractivity contribution in [3.63, 3.8) is 0 Å². The number of hydrogen-bond acceptors (Lipinski definition) is 7. The van der Waals surface area contributed by atoms with Crippen LogP contribution in [0.2, 0.25) is 0 Å². The topological polar surface area (TPSA) is 73.0 Å². The summed E-state index contributed by atoms with van der Waals surface area (Å²) in [5.74, 6) is -1.88. The summed E-state index contributed by atoms with van der Waals surface area (Å²) in [5, 5.41) is 7.68. The summed E-state index contributed by atoms with van der Waals surface area (Å²) in [5.41, 5.74) is 0.620. The van der Waals surface area contributed by atoms with Gasteiger partial charge in [-0.1, -0.05) is 36.3 Å². The lowest BCUT2D eigenvalue weighted by Gasteiger charge is -2.30. The van der Waals surface area contributed by atoms with Crippen LogP contribution in [0.5, 0.6) is 5.75 Å². The SMILES string of the molecule is CCO/N=C/c1ccc(-c2cc(F)c(OCC3CCN(c4nc(C(C)C)no4)CC3)c(F)c2)c(F)c1. The monoisotopic (exact) mass is 502 g/mol. The molecule has 10 heteroatoms. The lowest BCUT2D eigenvalue weighted by molar-refractivity contribution is 0.160. The fraction of sp³-hybridized carbons (Fsp3) is 0.423. The zero-order valence-corrected chi connectivity index (χ0v) is 20.5. The first-order valence-electron chi connectivity index (χ1n) is 12.0. The van der Waals surface area contributed by atoms with E-state index in [0.717, 1.165) is 25.0 Å². The third kappa shape index (κ3) is 5.98. The fourth-order valence-corrected chi connectivity index (χ4v) is 3.95. The number of oxime groups is 1. The quantitative estimate of drug-likeness (QED) is 0.266. The maximum Gasteiger partial charge on any atom is 0.324 e. The van der Waals surface area contributed by atoms with Crippen LogP contribution >= 0.6 is 0 Å². The molecule has 1 aromatic heterocycles. The Hall–Kier alpha value is -3.56. The van der Waals surface area contributed by atoms with E-state index in [1.54, 1.807) is 13.0 Å². The van der Waals surface area contributed by atoms with E-state index in [0.29, 0.717) is 37.1 Å². The van der Waals surface area contributed by atoms with Crippen LogP contribution in [0.25, 0.3) is 11.1 Å². The predicted molar refractivity (Wildman–Crippen MR) is 130 cm³/mol. The normalized spacial score (nSPS) is 14.7. The summed E-state index contributed by atoms with van der Waals surface area (Å²) in [6.07, 6.45) is 2.87. The molecule has 0 aliphatic carbocycles. The lowest BCUT2D eigenvalue weighted by atomic mass is 9.98. The molecule has 0 bridgehead atoms. The van der Waals surface area contributed by atoms with Crippen molar-refractivity contribution in [2.45, 2.75) is 39.5 Å².